The second kappa shape index (κ2) is 8.45. The van der Waals surface area contributed by atoms with E-state index in [0.717, 1.165) is 48.4 Å². The number of aryl methyl sites for hydroxylation is 1. The van der Waals surface area contributed by atoms with Crippen molar-refractivity contribution in [1.82, 2.24) is 9.88 Å². The molecule has 1 amide bonds. The zero-order valence-electron chi connectivity index (χ0n) is 15.4. The van der Waals surface area contributed by atoms with Crippen molar-refractivity contribution in [3.05, 3.63) is 47.4 Å². The Morgan fingerprint density at radius 3 is 2.58 bits per heavy atom. The van der Waals surface area contributed by atoms with Crippen LogP contribution in [0.2, 0.25) is 0 Å². The van der Waals surface area contributed by atoms with Crippen molar-refractivity contribution >= 4 is 28.8 Å². The number of oxazole rings is 1. The Kier molecular flexibility index (Phi) is 6.04. The standard InChI is InChI=1S/C20H24N2O3S/c1-4-11-22(12-5-2)19(23)17-10-9-15(24-17)13-26-20-21-18-14(3)7-6-8-16(18)25-20/h6-10H,4-5,11-13H2,1-3H3. The Bertz CT molecular complexity index is 878. The first kappa shape index (κ1) is 18.6. The highest BCUT2D eigenvalue weighted by molar-refractivity contribution is 7.98. The van der Waals surface area contributed by atoms with Crippen LogP contribution in [0.4, 0.5) is 0 Å². The molecule has 0 aliphatic heterocycles. The summed E-state index contributed by atoms with van der Waals surface area (Å²) in [6.45, 7) is 7.66. The molecule has 0 N–H and O–H groups in total. The van der Waals surface area contributed by atoms with Crippen LogP contribution in [0.5, 0.6) is 0 Å². The van der Waals surface area contributed by atoms with Gasteiger partial charge in [-0.1, -0.05) is 37.7 Å². The van der Waals surface area contributed by atoms with Crippen LogP contribution in [0, 0.1) is 6.92 Å². The fraction of sp³-hybridized carbons (Fsp3) is 0.400. The molecule has 0 bridgehead atoms. The summed E-state index contributed by atoms with van der Waals surface area (Å²) in [5.74, 6) is 1.67. The van der Waals surface area contributed by atoms with Crippen LogP contribution >= 0.6 is 11.8 Å². The molecule has 0 unspecified atom stereocenters. The van der Waals surface area contributed by atoms with E-state index >= 15 is 0 Å². The van der Waals surface area contributed by atoms with Gasteiger partial charge in [0, 0.05) is 13.1 Å². The van der Waals surface area contributed by atoms with Gasteiger partial charge in [0.15, 0.2) is 11.3 Å². The van der Waals surface area contributed by atoms with E-state index in [1.807, 2.05) is 36.1 Å². The predicted octanol–water partition coefficient (Wildman–Crippen LogP) is 5.28. The van der Waals surface area contributed by atoms with Gasteiger partial charge in [-0.3, -0.25) is 4.79 Å². The number of benzene rings is 1. The van der Waals surface area contributed by atoms with Gasteiger partial charge in [-0.2, -0.15) is 0 Å². The van der Waals surface area contributed by atoms with Gasteiger partial charge in [-0.25, -0.2) is 4.98 Å². The number of carbonyl (C=O) groups is 1. The lowest BCUT2D eigenvalue weighted by Gasteiger charge is -2.19. The SMILES string of the molecule is CCCN(CCC)C(=O)c1ccc(CSc2nc3c(C)cccc3o2)o1. The molecule has 138 valence electrons. The van der Waals surface area contributed by atoms with Crippen molar-refractivity contribution in [2.75, 3.05) is 13.1 Å². The molecule has 2 heterocycles. The number of fused-ring (bicyclic) bond motifs is 1. The summed E-state index contributed by atoms with van der Waals surface area (Å²) in [6, 6.07) is 9.50. The predicted molar refractivity (Wildman–Crippen MR) is 104 cm³/mol. The minimum atomic E-state index is -0.0394. The first-order valence-electron chi connectivity index (χ1n) is 8.99. The summed E-state index contributed by atoms with van der Waals surface area (Å²) in [5, 5.41) is 0.608. The molecule has 2 aromatic heterocycles. The molecule has 0 radical (unpaired) electrons. The van der Waals surface area contributed by atoms with Gasteiger partial charge < -0.3 is 13.7 Å². The lowest BCUT2D eigenvalue weighted by atomic mass is 10.2. The zero-order valence-corrected chi connectivity index (χ0v) is 16.3. The molecule has 0 fully saturated rings. The molecular weight excluding hydrogens is 348 g/mol. The Morgan fingerprint density at radius 2 is 1.88 bits per heavy atom. The highest BCUT2D eigenvalue weighted by atomic mass is 32.2. The molecule has 5 nitrogen and oxygen atoms in total. The van der Waals surface area contributed by atoms with Gasteiger partial charge in [0.2, 0.25) is 0 Å². The monoisotopic (exact) mass is 372 g/mol. The number of carbonyl (C=O) groups excluding carboxylic acids is 1. The van der Waals surface area contributed by atoms with Gasteiger partial charge in [0.25, 0.3) is 11.1 Å². The van der Waals surface area contributed by atoms with Crippen LogP contribution in [0.1, 0.15) is 48.6 Å². The number of para-hydroxylation sites is 1. The molecule has 0 aliphatic carbocycles. The average molecular weight is 372 g/mol. The minimum Gasteiger partial charge on any atom is -0.455 e. The highest BCUT2D eigenvalue weighted by Crippen LogP contribution is 2.28. The third kappa shape index (κ3) is 4.12. The summed E-state index contributed by atoms with van der Waals surface area (Å²) < 4.78 is 11.5. The molecule has 0 atom stereocenters. The number of aromatic nitrogens is 1. The molecule has 0 saturated heterocycles. The fourth-order valence-electron chi connectivity index (χ4n) is 2.84. The number of hydrogen-bond acceptors (Lipinski definition) is 5. The topological polar surface area (TPSA) is 59.5 Å². The number of amides is 1. The molecule has 0 aliphatic rings. The van der Waals surface area contributed by atoms with E-state index in [1.165, 1.54) is 11.8 Å². The normalized spacial score (nSPS) is 11.2. The maximum Gasteiger partial charge on any atom is 0.289 e. The molecule has 6 heteroatoms. The third-order valence-electron chi connectivity index (χ3n) is 4.09. The number of nitrogens with zero attached hydrogens (tertiary/aromatic N) is 2. The third-order valence-corrected chi connectivity index (χ3v) is 4.94. The Balaban J connectivity index is 1.66. The number of furan rings is 1. The molecule has 3 aromatic rings. The second-order valence-corrected chi connectivity index (χ2v) is 7.17. The lowest BCUT2D eigenvalue weighted by Crippen LogP contribution is -2.32. The van der Waals surface area contributed by atoms with Crippen molar-refractivity contribution in [2.45, 2.75) is 44.6 Å². The molecular formula is C20H24N2O3S. The Hall–Kier alpha value is -2.21. The van der Waals surface area contributed by atoms with E-state index in [0.29, 0.717) is 16.7 Å². The summed E-state index contributed by atoms with van der Waals surface area (Å²) in [7, 11) is 0. The number of hydrogen-bond donors (Lipinski definition) is 0. The van der Waals surface area contributed by atoms with Crippen LogP contribution in [-0.4, -0.2) is 28.9 Å². The van der Waals surface area contributed by atoms with Crippen LogP contribution < -0.4 is 0 Å². The summed E-state index contributed by atoms with van der Waals surface area (Å²) >= 11 is 1.47. The zero-order chi connectivity index (χ0) is 18.5. The maximum absolute atomic E-state index is 12.6. The largest absolute Gasteiger partial charge is 0.455 e. The molecule has 0 saturated carbocycles. The van der Waals surface area contributed by atoms with Crippen LogP contribution in [0.25, 0.3) is 11.1 Å². The Labute approximate surface area is 157 Å². The van der Waals surface area contributed by atoms with Crippen molar-refractivity contribution < 1.29 is 13.6 Å². The van der Waals surface area contributed by atoms with Gasteiger partial charge in [-0.15, -0.1) is 0 Å². The number of thioether (sulfide) groups is 1. The van der Waals surface area contributed by atoms with E-state index < -0.39 is 0 Å². The summed E-state index contributed by atoms with van der Waals surface area (Å²) in [5.41, 5.74) is 2.77. The van der Waals surface area contributed by atoms with E-state index in [4.69, 9.17) is 8.83 Å². The molecule has 1 aromatic carbocycles. The van der Waals surface area contributed by atoms with Crippen molar-refractivity contribution in [3.8, 4) is 0 Å². The van der Waals surface area contributed by atoms with Crippen molar-refractivity contribution in [3.63, 3.8) is 0 Å². The highest BCUT2D eigenvalue weighted by Gasteiger charge is 2.18. The summed E-state index contributed by atoms with van der Waals surface area (Å²) in [4.78, 5) is 18.9. The van der Waals surface area contributed by atoms with Gasteiger partial charge in [0.1, 0.15) is 11.3 Å². The van der Waals surface area contributed by atoms with Gasteiger partial charge >= 0.3 is 0 Å². The van der Waals surface area contributed by atoms with E-state index in [1.54, 1.807) is 6.07 Å². The van der Waals surface area contributed by atoms with Gasteiger partial charge in [0.05, 0.1) is 5.75 Å². The molecule has 26 heavy (non-hydrogen) atoms. The number of rotatable bonds is 8. The minimum absolute atomic E-state index is 0.0394. The van der Waals surface area contributed by atoms with Crippen LogP contribution in [0.15, 0.2) is 44.4 Å². The second-order valence-electron chi connectivity index (χ2n) is 6.25. The van der Waals surface area contributed by atoms with Crippen LogP contribution in [-0.2, 0) is 5.75 Å². The Morgan fingerprint density at radius 1 is 1.12 bits per heavy atom. The quantitative estimate of drug-likeness (QED) is 0.503. The van der Waals surface area contributed by atoms with E-state index in [9.17, 15) is 4.79 Å². The smallest absolute Gasteiger partial charge is 0.289 e. The fourth-order valence-corrected chi connectivity index (χ4v) is 3.57. The maximum atomic E-state index is 12.6. The van der Waals surface area contributed by atoms with Crippen LogP contribution in [0.3, 0.4) is 0 Å². The van der Waals surface area contributed by atoms with Gasteiger partial charge in [-0.05, 0) is 43.5 Å². The first-order valence-corrected chi connectivity index (χ1v) is 9.97. The average Bonchev–Trinajstić information content (AvgIpc) is 3.26. The summed E-state index contributed by atoms with van der Waals surface area (Å²) in [6.07, 6.45) is 1.87. The van der Waals surface area contributed by atoms with E-state index in [2.05, 4.69) is 18.8 Å². The van der Waals surface area contributed by atoms with E-state index in [-0.39, 0.29) is 5.91 Å². The molecule has 3 rings (SSSR count). The lowest BCUT2D eigenvalue weighted by molar-refractivity contribution is 0.0722. The van der Waals surface area contributed by atoms with Crippen molar-refractivity contribution in [2.24, 2.45) is 0 Å². The van der Waals surface area contributed by atoms with Crippen molar-refractivity contribution in [1.29, 1.82) is 0 Å². The first-order chi connectivity index (χ1) is 12.6. The molecule has 0 spiro atoms.